The van der Waals surface area contributed by atoms with Gasteiger partial charge in [-0.2, -0.15) is 9.59 Å². The highest BCUT2D eigenvalue weighted by Crippen LogP contribution is 2.39. The van der Waals surface area contributed by atoms with Crippen LogP contribution in [0, 0.1) is 23.2 Å². The van der Waals surface area contributed by atoms with Crippen LogP contribution in [-0.4, -0.2) is 71.5 Å². The van der Waals surface area contributed by atoms with Crippen LogP contribution >= 0.6 is 34.8 Å². The largest absolute Gasteiger partial charge is 0.463 e. The van der Waals surface area contributed by atoms with E-state index >= 15 is 0 Å². The highest BCUT2D eigenvalue weighted by molar-refractivity contribution is 6.76. The van der Waals surface area contributed by atoms with Crippen molar-refractivity contribution in [3.63, 3.8) is 0 Å². The quantitative estimate of drug-likeness (QED) is 0.0691. The predicted octanol–water partition coefficient (Wildman–Crippen LogP) is 5.36. The molecule has 1 aromatic carbocycles. The van der Waals surface area contributed by atoms with Gasteiger partial charge in [0, 0.05) is 23.7 Å². The van der Waals surface area contributed by atoms with Crippen LogP contribution in [0.15, 0.2) is 35.4 Å². The van der Waals surface area contributed by atoms with Gasteiger partial charge in [0.25, 0.3) is 3.79 Å². The minimum atomic E-state index is -2.17. The molecule has 0 saturated carbocycles. The zero-order valence-electron chi connectivity index (χ0n) is 24.2. The lowest BCUT2D eigenvalue weighted by Crippen LogP contribution is -2.59. The number of esters is 1. The van der Waals surface area contributed by atoms with Gasteiger partial charge in [-0.1, -0.05) is 91.0 Å². The van der Waals surface area contributed by atoms with Gasteiger partial charge in [0.05, 0.1) is 24.9 Å². The van der Waals surface area contributed by atoms with Crippen molar-refractivity contribution in [2.24, 2.45) is 22.9 Å². The molecule has 2 fully saturated rings. The molecule has 2 heterocycles. The number of ether oxygens (including phenoxy) is 6. The number of nitrogens with one attached hydrogen (secondary N) is 1. The van der Waals surface area contributed by atoms with Gasteiger partial charge in [0.15, 0.2) is 6.29 Å². The third kappa shape index (κ3) is 10.6. The average Bonchev–Trinajstić information content (AvgIpc) is 2.94. The van der Waals surface area contributed by atoms with Gasteiger partial charge in [-0.15, -0.1) is 0 Å². The molecule has 0 aliphatic carbocycles. The van der Waals surface area contributed by atoms with Crippen molar-refractivity contribution >= 4 is 52.8 Å². The number of alkyl halides is 3. The average molecular weight is 666 g/mol. The Hall–Kier alpha value is -2.44. The van der Waals surface area contributed by atoms with Crippen LogP contribution in [0.3, 0.4) is 0 Å². The number of benzene rings is 1. The van der Waals surface area contributed by atoms with Gasteiger partial charge >= 0.3 is 12.1 Å². The fourth-order valence-corrected chi connectivity index (χ4v) is 5.03. The maximum Gasteiger partial charge on any atom is 0.373 e. The van der Waals surface area contributed by atoms with E-state index in [0.717, 1.165) is 5.56 Å². The van der Waals surface area contributed by atoms with Crippen molar-refractivity contribution in [2.75, 3.05) is 6.61 Å². The van der Waals surface area contributed by atoms with Crippen LogP contribution in [0.5, 0.6) is 0 Å². The zero-order chi connectivity index (χ0) is 32.3. The van der Waals surface area contributed by atoms with Crippen LogP contribution < -0.4 is 0 Å². The SMILES string of the molecule is CC(=O)OCC1OC(OC(=N)C(Cl)(Cl)Cl)C(N=[N+]=[N-])[C@@H](C)[C@@H]1O[C@@H]1OC(C)[C@@H](C)[C@@H](OCc2ccccc2)C1C.O=C=O. The molecule has 16 heteroatoms. The molecule has 5 unspecified atom stereocenters. The third-order valence-electron chi connectivity index (χ3n) is 7.27. The van der Waals surface area contributed by atoms with Crippen molar-refractivity contribution in [1.82, 2.24) is 0 Å². The summed E-state index contributed by atoms with van der Waals surface area (Å²) in [4.78, 5) is 30.8. The number of rotatable bonds is 9. The van der Waals surface area contributed by atoms with Crippen LogP contribution in [0.4, 0.5) is 0 Å². The number of azide groups is 1. The van der Waals surface area contributed by atoms with Gasteiger partial charge in [0.2, 0.25) is 12.2 Å². The van der Waals surface area contributed by atoms with Crippen molar-refractivity contribution in [3.05, 3.63) is 46.3 Å². The van der Waals surface area contributed by atoms with Crippen LogP contribution in [0.1, 0.15) is 40.2 Å². The highest BCUT2D eigenvalue weighted by Gasteiger charge is 2.50. The lowest BCUT2D eigenvalue weighted by molar-refractivity contribution is -0.319. The molecule has 0 bridgehead atoms. The Bertz CT molecular complexity index is 1150. The summed E-state index contributed by atoms with van der Waals surface area (Å²) in [5, 5.41) is 11.8. The van der Waals surface area contributed by atoms with E-state index in [1.165, 1.54) is 6.92 Å². The highest BCUT2D eigenvalue weighted by atomic mass is 35.6. The molecular formula is C27H35Cl3N4O9. The minimum absolute atomic E-state index is 0.0806. The van der Waals surface area contributed by atoms with Crippen LogP contribution in [0.25, 0.3) is 10.4 Å². The van der Waals surface area contributed by atoms with E-state index in [-0.39, 0.29) is 36.8 Å². The normalized spacial score (nSPS) is 32.2. The van der Waals surface area contributed by atoms with E-state index in [1.807, 2.05) is 44.2 Å². The number of carbonyl (C=O) groups excluding carboxylic acids is 3. The Labute approximate surface area is 264 Å². The van der Waals surface area contributed by atoms with Crippen molar-refractivity contribution in [3.8, 4) is 0 Å². The standard InChI is InChI=1S/C26H35Cl3N4O7.CO2/c1-13-16(4)37-23(15(3)21(13)36-11-18-9-7-6-8-10-18)39-22-14(2)20(32-33-31)24(40-25(30)26(27,28)29)38-19(22)12-35-17(5)34;2-1-3/h6-10,13-16,19-24,30H,11-12H2,1-5H3;/t13-,14-,15?,16?,19?,20?,21-,22+,23+,24?;/m1./s1. The fraction of sp³-hybridized carbons (Fsp3) is 0.667. The second-order valence-corrected chi connectivity index (χ2v) is 12.5. The molecule has 1 N–H and O–H groups in total. The number of hydrogen-bond acceptors (Lipinski definition) is 11. The van der Waals surface area contributed by atoms with Gasteiger partial charge in [-0.3, -0.25) is 10.2 Å². The van der Waals surface area contributed by atoms with E-state index in [0.29, 0.717) is 6.61 Å². The van der Waals surface area contributed by atoms with Crippen molar-refractivity contribution in [2.45, 2.75) is 88.1 Å². The first-order chi connectivity index (χ1) is 20.2. The Morgan fingerprint density at radius 2 is 1.67 bits per heavy atom. The number of carbonyl (C=O) groups is 1. The van der Waals surface area contributed by atoms with Gasteiger partial charge < -0.3 is 28.4 Å². The van der Waals surface area contributed by atoms with Gasteiger partial charge in [-0.25, -0.2) is 0 Å². The molecule has 43 heavy (non-hydrogen) atoms. The Kier molecular flexibility index (Phi) is 14.7. The minimum Gasteiger partial charge on any atom is -0.463 e. The maximum atomic E-state index is 11.6. The summed E-state index contributed by atoms with van der Waals surface area (Å²) in [5.74, 6) is -1.91. The summed E-state index contributed by atoms with van der Waals surface area (Å²) in [5.41, 5.74) is 10.3. The van der Waals surface area contributed by atoms with E-state index in [2.05, 4.69) is 16.9 Å². The molecule has 1 aromatic rings. The smallest absolute Gasteiger partial charge is 0.373 e. The number of halogens is 3. The molecule has 0 aromatic heterocycles. The molecule has 238 valence electrons. The predicted molar refractivity (Wildman–Crippen MR) is 154 cm³/mol. The lowest BCUT2D eigenvalue weighted by Gasteiger charge is -2.48. The molecular weight excluding hydrogens is 631 g/mol. The Morgan fingerprint density at radius 3 is 2.23 bits per heavy atom. The maximum absolute atomic E-state index is 11.6. The Morgan fingerprint density at radius 1 is 1.05 bits per heavy atom. The van der Waals surface area contributed by atoms with Crippen LogP contribution in [0.2, 0.25) is 0 Å². The molecule has 0 amide bonds. The summed E-state index contributed by atoms with van der Waals surface area (Å²) < 4.78 is 33.7. The molecule has 0 radical (unpaired) electrons. The van der Waals surface area contributed by atoms with Crippen molar-refractivity contribution < 1.29 is 42.8 Å². The first kappa shape index (κ1) is 36.8. The zero-order valence-corrected chi connectivity index (χ0v) is 26.5. The monoisotopic (exact) mass is 664 g/mol. The molecule has 2 aliphatic heterocycles. The number of nitrogens with zero attached hydrogens (tertiary/aromatic N) is 3. The second-order valence-electron chi connectivity index (χ2n) is 10.2. The third-order valence-corrected chi connectivity index (χ3v) is 7.78. The number of hydrogen-bond donors (Lipinski definition) is 1. The second kappa shape index (κ2) is 17.2. The summed E-state index contributed by atoms with van der Waals surface area (Å²) >= 11 is 17.3. The van der Waals surface area contributed by atoms with E-state index < -0.39 is 52.4 Å². The van der Waals surface area contributed by atoms with Gasteiger partial charge in [-0.05, 0) is 23.9 Å². The molecule has 2 saturated heterocycles. The Balaban J connectivity index is 0.00000206. The fourth-order valence-electron chi connectivity index (χ4n) is 4.90. The first-order valence-electron chi connectivity index (χ1n) is 13.4. The summed E-state index contributed by atoms with van der Waals surface area (Å²) in [6.07, 6.45) is -3.80. The summed E-state index contributed by atoms with van der Waals surface area (Å²) in [6.45, 7) is 9.28. The molecule has 13 nitrogen and oxygen atoms in total. The first-order valence-corrected chi connectivity index (χ1v) is 14.5. The van der Waals surface area contributed by atoms with Gasteiger partial charge in [0.1, 0.15) is 18.8 Å². The lowest BCUT2D eigenvalue weighted by atomic mass is 9.85. The van der Waals surface area contributed by atoms with Crippen molar-refractivity contribution in [1.29, 1.82) is 5.41 Å². The topological polar surface area (TPSA) is 179 Å². The molecule has 10 atom stereocenters. The van der Waals surface area contributed by atoms with E-state index in [4.69, 9.17) is 78.2 Å². The molecule has 2 aliphatic rings. The summed E-state index contributed by atoms with van der Waals surface area (Å²) in [7, 11) is 0. The summed E-state index contributed by atoms with van der Waals surface area (Å²) in [6, 6.07) is 8.91. The van der Waals surface area contributed by atoms with Crippen LogP contribution in [-0.2, 0) is 49.4 Å². The molecule has 0 spiro atoms. The molecule has 3 rings (SSSR count). The van der Waals surface area contributed by atoms with E-state index in [9.17, 15) is 10.3 Å². The van der Waals surface area contributed by atoms with E-state index in [1.54, 1.807) is 6.92 Å².